The van der Waals surface area contributed by atoms with Crippen molar-refractivity contribution < 1.29 is 4.79 Å². The number of rotatable bonds is 7. The number of amides is 1. The van der Waals surface area contributed by atoms with Gasteiger partial charge in [-0.2, -0.15) is 0 Å². The lowest BCUT2D eigenvalue weighted by atomic mass is 9.95. The summed E-state index contributed by atoms with van der Waals surface area (Å²) in [5.41, 5.74) is 1.78. The number of nitrogens with one attached hydrogen (secondary N) is 2. The van der Waals surface area contributed by atoms with Crippen LogP contribution in [0.25, 0.3) is 0 Å². The van der Waals surface area contributed by atoms with Gasteiger partial charge in [0.05, 0.1) is 0 Å². The minimum absolute atomic E-state index is 0.0440. The van der Waals surface area contributed by atoms with E-state index in [2.05, 4.69) is 38.3 Å². The lowest BCUT2D eigenvalue weighted by molar-refractivity contribution is 0.0963. The third kappa shape index (κ3) is 5.64. The third-order valence-corrected chi connectivity index (χ3v) is 3.26. The molecule has 0 aromatic heterocycles. The van der Waals surface area contributed by atoms with E-state index < -0.39 is 0 Å². The largest absolute Gasteiger partial charge is 0.382 e. The van der Waals surface area contributed by atoms with Crippen molar-refractivity contribution in [1.82, 2.24) is 5.32 Å². The average Bonchev–Trinajstić information content (AvgIpc) is 2.37. The molecule has 1 aromatic carbocycles. The van der Waals surface area contributed by atoms with Gasteiger partial charge in [0, 0.05) is 24.3 Å². The van der Waals surface area contributed by atoms with Gasteiger partial charge >= 0.3 is 0 Å². The fraction of sp³-hybridized carbons (Fsp3) is 0.588. The maximum atomic E-state index is 11.5. The third-order valence-electron chi connectivity index (χ3n) is 3.26. The first-order chi connectivity index (χ1) is 9.42. The molecule has 112 valence electrons. The Morgan fingerprint density at radius 2 is 1.50 bits per heavy atom. The molecule has 3 heteroatoms. The first-order valence-corrected chi connectivity index (χ1v) is 7.51. The van der Waals surface area contributed by atoms with Crippen LogP contribution in [-0.2, 0) is 0 Å². The molecule has 2 N–H and O–H groups in total. The summed E-state index contributed by atoms with van der Waals surface area (Å²) in [7, 11) is 1.65. The second-order valence-electron chi connectivity index (χ2n) is 6.26. The Kier molecular flexibility index (Phi) is 6.56. The highest BCUT2D eigenvalue weighted by Gasteiger charge is 2.13. The van der Waals surface area contributed by atoms with Crippen LogP contribution in [0.4, 0.5) is 5.69 Å². The van der Waals surface area contributed by atoms with E-state index in [1.165, 1.54) is 0 Å². The maximum absolute atomic E-state index is 11.5. The van der Waals surface area contributed by atoms with E-state index >= 15 is 0 Å². The lowest BCUT2D eigenvalue weighted by Gasteiger charge is -2.23. The van der Waals surface area contributed by atoms with Crippen molar-refractivity contribution in [2.75, 3.05) is 12.4 Å². The molecule has 0 saturated carbocycles. The molecule has 0 radical (unpaired) electrons. The molecular weight excluding hydrogens is 248 g/mol. The van der Waals surface area contributed by atoms with Gasteiger partial charge in [0.25, 0.3) is 5.91 Å². The van der Waals surface area contributed by atoms with Crippen LogP contribution >= 0.6 is 0 Å². The number of benzene rings is 1. The normalized spacial score (nSPS) is 11.2. The number of hydrogen-bond donors (Lipinski definition) is 2. The Labute approximate surface area is 123 Å². The summed E-state index contributed by atoms with van der Waals surface area (Å²) in [5.74, 6) is 1.31. The van der Waals surface area contributed by atoms with Gasteiger partial charge in [-0.1, -0.05) is 27.7 Å². The summed E-state index contributed by atoms with van der Waals surface area (Å²) in [6, 6.07) is 8.18. The second kappa shape index (κ2) is 7.93. The molecule has 0 heterocycles. The molecule has 1 rings (SSSR count). The van der Waals surface area contributed by atoms with Gasteiger partial charge in [-0.15, -0.1) is 0 Å². The summed E-state index contributed by atoms with van der Waals surface area (Å²) < 4.78 is 0. The zero-order valence-electron chi connectivity index (χ0n) is 13.4. The molecule has 0 aliphatic heterocycles. The zero-order chi connectivity index (χ0) is 15.1. The van der Waals surface area contributed by atoms with Crippen molar-refractivity contribution in [3.63, 3.8) is 0 Å². The van der Waals surface area contributed by atoms with Gasteiger partial charge < -0.3 is 10.6 Å². The molecule has 0 atom stereocenters. The molecule has 0 fully saturated rings. The highest BCUT2D eigenvalue weighted by Crippen LogP contribution is 2.19. The van der Waals surface area contributed by atoms with Crippen LogP contribution in [0.3, 0.4) is 0 Å². The van der Waals surface area contributed by atoms with Crippen LogP contribution in [0.15, 0.2) is 24.3 Å². The van der Waals surface area contributed by atoms with Crippen molar-refractivity contribution >= 4 is 11.6 Å². The van der Waals surface area contributed by atoms with Crippen LogP contribution in [-0.4, -0.2) is 19.0 Å². The molecule has 0 unspecified atom stereocenters. The zero-order valence-corrected chi connectivity index (χ0v) is 13.4. The smallest absolute Gasteiger partial charge is 0.251 e. The van der Waals surface area contributed by atoms with Crippen LogP contribution in [0.5, 0.6) is 0 Å². The Morgan fingerprint density at radius 3 is 1.90 bits per heavy atom. The first kappa shape index (κ1) is 16.5. The number of carbonyl (C=O) groups excluding carboxylic acids is 1. The van der Waals surface area contributed by atoms with E-state index in [1.54, 1.807) is 7.05 Å². The van der Waals surface area contributed by atoms with Gasteiger partial charge in [-0.3, -0.25) is 4.79 Å². The highest BCUT2D eigenvalue weighted by molar-refractivity contribution is 5.94. The molecule has 1 amide bonds. The van der Waals surface area contributed by atoms with Crippen LogP contribution in [0.1, 0.15) is 50.9 Å². The Balaban J connectivity index is 2.70. The van der Waals surface area contributed by atoms with Crippen LogP contribution < -0.4 is 10.6 Å². The van der Waals surface area contributed by atoms with Gasteiger partial charge in [0.15, 0.2) is 0 Å². The second-order valence-corrected chi connectivity index (χ2v) is 6.26. The van der Waals surface area contributed by atoms with E-state index in [0.29, 0.717) is 23.4 Å². The van der Waals surface area contributed by atoms with Crippen molar-refractivity contribution in [2.24, 2.45) is 11.8 Å². The fourth-order valence-corrected chi connectivity index (χ4v) is 2.45. The van der Waals surface area contributed by atoms with Gasteiger partial charge in [-0.05, 0) is 48.9 Å². The van der Waals surface area contributed by atoms with E-state index in [-0.39, 0.29) is 5.91 Å². The number of carbonyl (C=O) groups is 1. The van der Waals surface area contributed by atoms with Gasteiger partial charge in [0.2, 0.25) is 0 Å². The van der Waals surface area contributed by atoms with E-state index in [9.17, 15) is 4.79 Å². The Hall–Kier alpha value is -1.51. The Morgan fingerprint density at radius 1 is 1.00 bits per heavy atom. The molecule has 1 aromatic rings. The molecular formula is C17H28N2O. The molecule has 0 spiro atoms. The highest BCUT2D eigenvalue weighted by atomic mass is 16.1. The van der Waals surface area contributed by atoms with Crippen molar-refractivity contribution in [3.05, 3.63) is 29.8 Å². The molecule has 20 heavy (non-hydrogen) atoms. The predicted octanol–water partition coefficient (Wildman–Crippen LogP) is 3.92. The van der Waals surface area contributed by atoms with Crippen LogP contribution in [0, 0.1) is 11.8 Å². The van der Waals surface area contributed by atoms with Gasteiger partial charge in [-0.25, -0.2) is 0 Å². The van der Waals surface area contributed by atoms with Gasteiger partial charge in [0.1, 0.15) is 0 Å². The number of hydrogen-bond acceptors (Lipinski definition) is 2. The van der Waals surface area contributed by atoms with Crippen LogP contribution in [0.2, 0.25) is 0 Å². The van der Waals surface area contributed by atoms with Crippen molar-refractivity contribution in [1.29, 1.82) is 0 Å². The molecule has 0 bridgehead atoms. The molecule has 0 aliphatic carbocycles. The summed E-state index contributed by atoms with van der Waals surface area (Å²) in [5, 5.41) is 6.23. The quantitative estimate of drug-likeness (QED) is 0.792. The van der Waals surface area contributed by atoms with E-state index in [0.717, 1.165) is 18.5 Å². The van der Waals surface area contributed by atoms with E-state index in [4.69, 9.17) is 0 Å². The summed E-state index contributed by atoms with van der Waals surface area (Å²) in [6.45, 7) is 9.01. The summed E-state index contributed by atoms with van der Waals surface area (Å²) in [6.07, 6.45) is 2.32. The lowest BCUT2D eigenvalue weighted by Crippen LogP contribution is -2.23. The molecule has 3 nitrogen and oxygen atoms in total. The van der Waals surface area contributed by atoms with Crippen molar-refractivity contribution in [2.45, 2.75) is 46.6 Å². The van der Waals surface area contributed by atoms with Crippen molar-refractivity contribution in [3.8, 4) is 0 Å². The predicted molar refractivity (Wildman–Crippen MR) is 86.2 cm³/mol. The standard InChI is InChI=1S/C17H28N2O/c1-12(2)10-16(11-13(3)4)19-15-8-6-14(7-9-15)17(20)18-5/h6-9,12-13,16,19H,10-11H2,1-5H3,(H,18,20). The minimum atomic E-state index is -0.0440. The Bertz CT molecular complexity index is 400. The molecule has 0 saturated heterocycles. The molecule has 0 aliphatic rings. The summed E-state index contributed by atoms with van der Waals surface area (Å²) >= 11 is 0. The SMILES string of the molecule is CNC(=O)c1ccc(NC(CC(C)C)CC(C)C)cc1. The monoisotopic (exact) mass is 276 g/mol. The maximum Gasteiger partial charge on any atom is 0.251 e. The first-order valence-electron chi connectivity index (χ1n) is 7.51. The number of anilines is 1. The topological polar surface area (TPSA) is 41.1 Å². The summed E-state index contributed by atoms with van der Waals surface area (Å²) in [4.78, 5) is 11.5. The average molecular weight is 276 g/mol. The minimum Gasteiger partial charge on any atom is -0.382 e. The fourth-order valence-electron chi connectivity index (χ4n) is 2.45. The van der Waals surface area contributed by atoms with E-state index in [1.807, 2.05) is 24.3 Å².